The molecule has 6 nitrogen and oxygen atoms in total. The number of benzene rings is 2. The van der Waals surface area contributed by atoms with E-state index in [4.69, 9.17) is 15.2 Å². The Labute approximate surface area is 172 Å². The Morgan fingerprint density at radius 3 is 2.38 bits per heavy atom. The normalized spacial score (nSPS) is 10.7. The van der Waals surface area contributed by atoms with E-state index in [0.717, 1.165) is 16.9 Å². The Morgan fingerprint density at radius 1 is 1.08 bits per heavy atom. The fourth-order valence-corrected chi connectivity index (χ4v) is 2.50. The van der Waals surface area contributed by atoms with Gasteiger partial charge in [-0.25, -0.2) is 4.99 Å². The highest BCUT2D eigenvalue weighted by Gasteiger charge is 2.07. The summed E-state index contributed by atoms with van der Waals surface area (Å²) >= 11 is 0. The van der Waals surface area contributed by atoms with E-state index in [0.29, 0.717) is 24.0 Å². The number of nitrogens with one attached hydrogen (secondary N) is 1. The van der Waals surface area contributed by atoms with Crippen molar-refractivity contribution in [3.05, 3.63) is 47.5 Å². The number of guanidine groups is 1. The van der Waals surface area contributed by atoms with Crippen molar-refractivity contribution in [2.45, 2.75) is 13.5 Å². The lowest BCUT2D eigenvalue weighted by Gasteiger charge is -2.17. The van der Waals surface area contributed by atoms with Gasteiger partial charge in [0.1, 0.15) is 0 Å². The minimum atomic E-state index is 0. The van der Waals surface area contributed by atoms with Crippen molar-refractivity contribution in [2.24, 2.45) is 10.7 Å². The van der Waals surface area contributed by atoms with Crippen LogP contribution in [0, 0.1) is 6.92 Å². The highest BCUT2D eigenvalue weighted by molar-refractivity contribution is 14.0. The molecule has 2 aromatic rings. The average molecular weight is 470 g/mol. The van der Waals surface area contributed by atoms with E-state index in [-0.39, 0.29) is 24.0 Å². The lowest BCUT2D eigenvalue weighted by molar-refractivity contribution is 0.355. The fraction of sp³-hybridized carbons (Fsp3) is 0.316. The summed E-state index contributed by atoms with van der Waals surface area (Å²) in [6.45, 7) is 2.58. The molecular formula is C19H27IN4O2. The Hall–Kier alpha value is -2.16. The molecule has 0 radical (unpaired) electrons. The minimum Gasteiger partial charge on any atom is -0.493 e. The van der Waals surface area contributed by atoms with Crippen LogP contribution in [0.4, 0.5) is 11.4 Å². The first kappa shape index (κ1) is 21.9. The van der Waals surface area contributed by atoms with Crippen molar-refractivity contribution >= 4 is 41.3 Å². The molecule has 3 N–H and O–H groups in total. The van der Waals surface area contributed by atoms with Gasteiger partial charge in [-0.1, -0.05) is 12.1 Å². The van der Waals surface area contributed by atoms with E-state index in [1.807, 2.05) is 32.3 Å². The van der Waals surface area contributed by atoms with Crippen LogP contribution in [-0.2, 0) is 6.54 Å². The van der Waals surface area contributed by atoms with Gasteiger partial charge in [-0.2, -0.15) is 0 Å². The molecular weight excluding hydrogens is 443 g/mol. The van der Waals surface area contributed by atoms with Crippen molar-refractivity contribution in [2.75, 3.05) is 38.5 Å². The molecule has 2 rings (SSSR count). The van der Waals surface area contributed by atoms with Crippen LogP contribution in [0.2, 0.25) is 0 Å². The number of halogens is 1. The van der Waals surface area contributed by atoms with Crippen molar-refractivity contribution in [3.63, 3.8) is 0 Å². The molecule has 0 saturated heterocycles. The molecule has 0 aliphatic heterocycles. The first-order chi connectivity index (χ1) is 11.9. The van der Waals surface area contributed by atoms with E-state index in [1.165, 1.54) is 5.56 Å². The molecule has 0 fully saturated rings. The summed E-state index contributed by atoms with van der Waals surface area (Å²) in [6, 6.07) is 11.8. The standard InChI is InChI=1S/C19H26N4O2.HI/c1-13-6-7-14(16(10-13)23(2)3)12-21-19(20)22-15-8-9-17(24-4)18(11-15)25-5;/h6-11H,12H2,1-5H3,(H3,20,21,22);1H. The summed E-state index contributed by atoms with van der Waals surface area (Å²) in [5, 5.41) is 3.08. The van der Waals surface area contributed by atoms with Crippen molar-refractivity contribution in [1.82, 2.24) is 0 Å². The van der Waals surface area contributed by atoms with Crippen LogP contribution in [0.15, 0.2) is 41.4 Å². The summed E-state index contributed by atoms with van der Waals surface area (Å²) < 4.78 is 10.5. The molecule has 0 unspecified atom stereocenters. The van der Waals surface area contributed by atoms with Crippen molar-refractivity contribution < 1.29 is 9.47 Å². The van der Waals surface area contributed by atoms with Gasteiger partial charge in [0.05, 0.1) is 20.8 Å². The number of aryl methyl sites for hydroxylation is 1. The van der Waals surface area contributed by atoms with Gasteiger partial charge in [-0.15, -0.1) is 24.0 Å². The Balaban J connectivity index is 0.00000338. The molecule has 0 amide bonds. The number of nitrogens with two attached hydrogens (primary N) is 1. The molecule has 7 heteroatoms. The lowest BCUT2D eigenvalue weighted by atomic mass is 10.1. The van der Waals surface area contributed by atoms with Gasteiger partial charge in [0, 0.05) is 31.5 Å². The maximum Gasteiger partial charge on any atom is 0.193 e. The SMILES string of the molecule is COc1ccc(NC(N)=NCc2ccc(C)cc2N(C)C)cc1OC.I. The number of anilines is 2. The summed E-state index contributed by atoms with van der Waals surface area (Å²) in [7, 11) is 7.24. The second kappa shape index (κ2) is 10.1. The Morgan fingerprint density at radius 2 is 1.77 bits per heavy atom. The Bertz CT molecular complexity index is 763. The molecule has 142 valence electrons. The molecule has 0 aromatic heterocycles. The number of rotatable bonds is 6. The van der Waals surface area contributed by atoms with Gasteiger partial charge in [-0.3, -0.25) is 0 Å². The van der Waals surface area contributed by atoms with Crippen LogP contribution in [0.1, 0.15) is 11.1 Å². The minimum absolute atomic E-state index is 0. The smallest absolute Gasteiger partial charge is 0.193 e. The third-order valence-electron chi connectivity index (χ3n) is 3.80. The predicted molar refractivity (Wildman–Crippen MR) is 119 cm³/mol. The van der Waals surface area contributed by atoms with Crippen LogP contribution >= 0.6 is 24.0 Å². The molecule has 0 bridgehead atoms. The molecule has 0 heterocycles. The zero-order valence-electron chi connectivity index (χ0n) is 15.9. The van der Waals surface area contributed by atoms with Crippen LogP contribution < -0.4 is 25.4 Å². The van der Waals surface area contributed by atoms with Gasteiger partial charge < -0.3 is 25.4 Å². The number of nitrogens with zero attached hydrogens (tertiary/aromatic N) is 2. The zero-order valence-corrected chi connectivity index (χ0v) is 18.2. The summed E-state index contributed by atoms with van der Waals surface area (Å²) in [5.41, 5.74) is 10.3. The first-order valence-electron chi connectivity index (χ1n) is 8.00. The zero-order chi connectivity index (χ0) is 18.4. The molecule has 0 aliphatic rings. The largest absolute Gasteiger partial charge is 0.493 e. The maximum atomic E-state index is 6.02. The molecule has 2 aromatic carbocycles. The summed E-state index contributed by atoms with van der Waals surface area (Å²) in [5.74, 6) is 1.64. The van der Waals surface area contributed by atoms with Gasteiger partial charge in [0.25, 0.3) is 0 Å². The fourth-order valence-electron chi connectivity index (χ4n) is 2.50. The maximum absolute atomic E-state index is 6.02. The van der Waals surface area contributed by atoms with Crippen LogP contribution in [0.3, 0.4) is 0 Å². The van der Waals surface area contributed by atoms with Gasteiger partial charge >= 0.3 is 0 Å². The van der Waals surface area contributed by atoms with Gasteiger partial charge in [0.15, 0.2) is 17.5 Å². The number of hydrogen-bond donors (Lipinski definition) is 2. The number of methoxy groups -OCH3 is 2. The van der Waals surface area contributed by atoms with Gasteiger partial charge in [0.2, 0.25) is 0 Å². The highest BCUT2D eigenvalue weighted by Crippen LogP contribution is 2.29. The second-order valence-electron chi connectivity index (χ2n) is 5.92. The third kappa shape index (κ3) is 5.69. The van der Waals surface area contributed by atoms with Gasteiger partial charge in [-0.05, 0) is 36.2 Å². The molecule has 0 aliphatic carbocycles. The topological polar surface area (TPSA) is 72.1 Å². The average Bonchev–Trinajstić information content (AvgIpc) is 2.60. The lowest BCUT2D eigenvalue weighted by Crippen LogP contribution is -2.22. The van der Waals surface area contributed by atoms with Crippen LogP contribution in [0.25, 0.3) is 0 Å². The molecule has 0 spiro atoms. The first-order valence-corrected chi connectivity index (χ1v) is 8.00. The number of hydrogen-bond acceptors (Lipinski definition) is 4. The summed E-state index contributed by atoms with van der Waals surface area (Å²) in [4.78, 5) is 6.52. The second-order valence-corrected chi connectivity index (χ2v) is 5.92. The molecule has 0 saturated carbocycles. The van der Waals surface area contributed by atoms with Crippen LogP contribution in [-0.4, -0.2) is 34.3 Å². The monoisotopic (exact) mass is 470 g/mol. The quantitative estimate of drug-likeness (QED) is 0.384. The molecule has 26 heavy (non-hydrogen) atoms. The number of aliphatic imine (C=N–C) groups is 1. The van der Waals surface area contributed by atoms with E-state index >= 15 is 0 Å². The van der Waals surface area contributed by atoms with E-state index < -0.39 is 0 Å². The van der Waals surface area contributed by atoms with E-state index in [1.54, 1.807) is 14.2 Å². The highest BCUT2D eigenvalue weighted by atomic mass is 127. The van der Waals surface area contributed by atoms with E-state index in [9.17, 15) is 0 Å². The summed E-state index contributed by atoms with van der Waals surface area (Å²) in [6.07, 6.45) is 0. The van der Waals surface area contributed by atoms with Crippen molar-refractivity contribution in [1.29, 1.82) is 0 Å². The van der Waals surface area contributed by atoms with Crippen LogP contribution in [0.5, 0.6) is 11.5 Å². The van der Waals surface area contributed by atoms with Crippen molar-refractivity contribution in [3.8, 4) is 11.5 Å². The number of ether oxygens (including phenoxy) is 2. The predicted octanol–water partition coefficient (Wildman–Crippen LogP) is 3.62. The molecule has 0 atom stereocenters. The Kier molecular flexibility index (Phi) is 8.50. The third-order valence-corrected chi connectivity index (χ3v) is 3.80. The van der Waals surface area contributed by atoms with E-state index in [2.05, 4.69) is 40.3 Å².